The molecule has 1 aromatic carbocycles. The van der Waals surface area contributed by atoms with Crippen LogP contribution < -0.4 is 4.74 Å². The molecule has 84 valence electrons. The highest BCUT2D eigenvalue weighted by Gasteiger charge is 2.15. The minimum absolute atomic E-state index is 0.0115. The lowest BCUT2D eigenvalue weighted by atomic mass is 10.2. The van der Waals surface area contributed by atoms with Gasteiger partial charge < -0.3 is 19.5 Å². The number of carbonyl (C=O) groups is 1. The van der Waals surface area contributed by atoms with Crippen molar-refractivity contribution in [1.82, 2.24) is 4.57 Å². The number of phenolic OH excluding ortho intramolecular Hbond substituents is 1. The van der Waals surface area contributed by atoms with E-state index >= 15 is 0 Å². The van der Waals surface area contributed by atoms with Crippen molar-refractivity contribution in [2.75, 3.05) is 7.11 Å². The fourth-order valence-corrected chi connectivity index (χ4v) is 1.71. The van der Waals surface area contributed by atoms with Crippen molar-refractivity contribution in [3.05, 3.63) is 23.9 Å². The number of methoxy groups -OCH3 is 1. The summed E-state index contributed by atoms with van der Waals surface area (Å²) < 4.78 is 6.51. The zero-order chi connectivity index (χ0) is 11.9. The summed E-state index contributed by atoms with van der Waals surface area (Å²) in [5.74, 6) is -0.530. The Hall–Kier alpha value is -2.17. The van der Waals surface area contributed by atoms with Crippen LogP contribution in [0.2, 0.25) is 0 Å². The number of carboxylic acid groups (broad SMARTS) is 1. The van der Waals surface area contributed by atoms with E-state index in [2.05, 4.69) is 0 Å². The summed E-state index contributed by atoms with van der Waals surface area (Å²) in [5.41, 5.74) is 0.743. The number of phenols is 1. The fourth-order valence-electron chi connectivity index (χ4n) is 1.71. The maximum Gasteiger partial charge on any atom is 0.352 e. The molecule has 0 radical (unpaired) electrons. The van der Waals surface area contributed by atoms with Gasteiger partial charge in [-0.3, -0.25) is 0 Å². The average Bonchev–Trinajstić information content (AvgIpc) is 2.57. The number of aromatic hydroxyl groups is 1. The van der Waals surface area contributed by atoms with Gasteiger partial charge in [0.25, 0.3) is 0 Å². The molecule has 0 amide bonds. The van der Waals surface area contributed by atoms with Crippen LogP contribution >= 0.6 is 0 Å². The molecule has 16 heavy (non-hydrogen) atoms. The Morgan fingerprint density at radius 3 is 2.62 bits per heavy atom. The first-order chi connectivity index (χ1) is 7.54. The Morgan fingerprint density at radius 2 is 2.06 bits per heavy atom. The SMILES string of the molecule is COc1cc(O)c2cc(C(=O)O)n(C)c2c1. The first-order valence-corrected chi connectivity index (χ1v) is 4.64. The normalized spacial score (nSPS) is 10.6. The number of fused-ring (bicyclic) bond motifs is 1. The van der Waals surface area contributed by atoms with Gasteiger partial charge >= 0.3 is 5.97 Å². The summed E-state index contributed by atoms with van der Waals surface area (Å²) in [6, 6.07) is 4.57. The molecule has 0 aliphatic rings. The van der Waals surface area contributed by atoms with Crippen LogP contribution in [0.25, 0.3) is 10.9 Å². The molecule has 0 saturated heterocycles. The molecular weight excluding hydrogens is 210 g/mol. The molecule has 2 N–H and O–H groups in total. The number of aromatic nitrogens is 1. The predicted molar refractivity (Wildman–Crippen MR) is 58.1 cm³/mol. The van der Waals surface area contributed by atoms with E-state index in [9.17, 15) is 9.90 Å². The summed E-state index contributed by atoms with van der Waals surface area (Å²) in [6.45, 7) is 0. The van der Waals surface area contributed by atoms with Crippen LogP contribution in [-0.4, -0.2) is 27.9 Å². The van der Waals surface area contributed by atoms with Crippen LogP contribution in [0.1, 0.15) is 10.5 Å². The second kappa shape index (κ2) is 3.44. The molecule has 1 heterocycles. The first kappa shape index (κ1) is 10.4. The van der Waals surface area contributed by atoms with E-state index < -0.39 is 5.97 Å². The third-order valence-corrected chi connectivity index (χ3v) is 2.57. The van der Waals surface area contributed by atoms with Crippen molar-refractivity contribution in [1.29, 1.82) is 0 Å². The third-order valence-electron chi connectivity index (χ3n) is 2.57. The van der Waals surface area contributed by atoms with Gasteiger partial charge in [-0.05, 0) is 6.07 Å². The maximum atomic E-state index is 10.9. The van der Waals surface area contributed by atoms with Crippen molar-refractivity contribution in [2.45, 2.75) is 0 Å². The molecule has 2 aromatic rings. The van der Waals surface area contributed by atoms with E-state index in [0.717, 1.165) is 0 Å². The Morgan fingerprint density at radius 1 is 1.38 bits per heavy atom. The van der Waals surface area contributed by atoms with Gasteiger partial charge in [-0.15, -0.1) is 0 Å². The number of aromatic carboxylic acids is 1. The minimum Gasteiger partial charge on any atom is -0.507 e. The van der Waals surface area contributed by atoms with Gasteiger partial charge in [-0.25, -0.2) is 4.79 Å². The molecule has 0 saturated carbocycles. The van der Waals surface area contributed by atoms with Crippen molar-refractivity contribution in [3.63, 3.8) is 0 Å². The molecular formula is C11H11NO4. The van der Waals surface area contributed by atoms with Crippen LogP contribution in [-0.2, 0) is 7.05 Å². The van der Waals surface area contributed by atoms with E-state index in [1.54, 1.807) is 13.1 Å². The minimum atomic E-state index is -1.03. The summed E-state index contributed by atoms with van der Waals surface area (Å²) >= 11 is 0. The second-order valence-corrected chi connectivity index (χ2v) is 3.47. The van der Waals surface area contributed by atoms with Crippen molar-refractivity contribution < 1.29 is 19.7 Å². The lowest BCUT2D eigenvalue weighted by Gasteiger charge is -2.03. The maximum absolute atomic E-state index is 10.9. The number of benzene rings is 1. The molecule has 0 atom stereocenters. The number of ether oxygens (including phenoxy) is 1. The zero-order valence-corrected chi connectivity index (χ0v) is 8.89. The molecule has 0 aliphatic heterocycles. The standard InChI is InChI=1S/C11H11NO4/c1-12-8-3-6(16-2)4-10(13)7(8)5-9(12)11(14)15/h3-5,13H,1-2H3,(H,14,15). The quantitative estimate of drug-likeness (QED) is 0.807. The fraction of sp³-hybridized carbons (Fsp3) is 0.182. The zero-order valence-electron chi connectivity index (χ0n) is 8.89. The van der Waals surface area contributed by atoms with Crippen molar-refractivity contribution in [2.24, 2.45) is 7.05 Å². The predicted octanol–water partition coefficient (Wildman–Crippen LogP) is 1.59. The van der Waals surface area contributed by atoms with Gasteiger partial charge in [-0.2, -0.15) is 0 Å². The van der Waals surface area contributed by atoms with E-state index in [0.29, 0.717) is 16.7 Å². The molecule has 0 bridgehead atoms. The molecule has 0 fully saturated rings. The number of hydrogen-bond donors (Lipinski definition) is 2. The van der Waals surface area contributed by atoms with E-state index in [1.807, 2.05) is 0 Å². The second-order valence-electron chi connectivity index (χ2n) is 3.47. The van der Waals surface area contributed by atoms with E-state index in [-0.39, 0.29) is 11.4 Å². The monoisotopic (exact) mass is 221 g/mol. The highest BCUT2D eigenvalue weighted by Crippen LogP contribution is 2.32. The number of nitrogens with zero attached hydrogens (tertiary/aromatic N) is 1. The van der Waals surface area contributed by atoms with Gasteiger partial charge in [0, 0.05) is 24.6 Å². The van der Waals surface area contributed by atoms with E-state index in [1.165, 1.54) is 23.8 Å². The molecule has 5 nitrogen and oxygen atoms in total. The van der Waals surface area contributed by atoms with E-state index in [4.69, 9.17) is 9.84 Å². The summed E-state index contributed by atoms with van der Waals surface area (Å²) in [6.07, 6.45) is 0. The first-order valence-electron chi connectivity index (χ1n) is 4.64. The lowest BCUT2D eigenvalue weighted by molar-refractivity contribution is 0.0687. The highest BCUT2D eigenvalue weighted by atomic mass is 16.5. The smallest absolute Gasteiger partial charge is 0.352 e. The number of carboxylic acids is 1. The van der Waals surface area contributed by atoms with Gasteiger partial charge in [-0.1, -0.05) is 0 Å². The molecule has 1 aromatic heterocycles. The largest absolute Gasteiger partial charge is 0.507 e. The van der Waals surface area contributed by atoms with Gasteiger partial charge in [0.2, 0.25) is 0 Å². The Labute approximate surface area is 91.5 Å². The van der Waals surface area contributed by atoms with Gasteiger partial charge in [0.05, 0.1) is 12.6 Å². The lowest BCUT2D eigenvalue weighted by Crippen LogP contribution is -2.03. The van der Waals surface area contributed by atoms with Crippen molar-refractivity contribution in [3.8, 4) is 11.5 Å². The Kier molecular flexibility index (Phi) is 2.23. The number of aryl methyl sites for hydroxylation is 1. The summed E-state index contributed by atoms with van der Waals surface area (Å²) in [4.78, 5) is 10.9. The molecule has 0 spiro atoms. The molecule has 0 unspecified atom stereocenters. The Bertz CT molecular complexity index is 571. The highest BCUT2D eigenvalue weighted by molar-refractivity contribution is 5.97. The molecule has 0 aliphatic carbocycles. The van der Waals surface area contributed by atoms with Crippen LogP contribution in [0.3, 0.4) is 0 Å². The Balaban J connectivity index is 2.81. The molecule has 2 rings (SSSR count). The summed E-state index contributed by atoms with van der Waals surface area (Å²) in [5, 5.41) is 19.2. The molecule has 5 heteroatoms. The third kappa shape index (κ3) is 1.37. The van der Waals surface area contributed by atoms with Crippen LogP contribution in [0.4, 0.5) is 0 Å². The van der Waals surface area contributed by atoms with Crippen LogP contribution in [0.5, 0.6) is 11.5 Å². The number of hydrogen-bond acceptors (Lipinski definition) is 3. The number of rotatable bonds is 2. The average molecular weight is 221 g/mol. The van der Waals surface area contributed by atoms with Gasteiger partial charge in [0.15, 0.2) is 0 Å². The van der Waals surface area contributed by atoms with Crippen LogP contribution in [0.15, 0.2) is 18.2 Å². The van der Waals surface area contributed by atoms with Gasteiger partial charge in [0.1, 0.15) is 17.2 Å². The topological polar surface area (TPSA) is 71.7 Å². The summed E-state index contributed by atoms with van der Waals surface area (Å²) in [7, 11) is 3.12. The van der Waals surface area contributed by atoms with Crippen LogP contribution in [0, 0.1) is 0 Å². The van der Waals surface area contributed by atoms with Crippen molar-refractivity contribution >= 4 is 16.9 Å².